The quantitative estimate of drug-likeness (QED) is 0.668. The van der Waals surface area contributed by atoms with Crippen LogP contribution in [0.2, 0.25) is 0 Å². The minimum absolute atomic E-state index is 0.00140. The van der Waals surface area contributed by atoms with E-state index in [0.717, 1.165) is 5.56 Å². The van der Waals surface area contributed by atoms with E-state index in [9.17, 15) is 13.2 Å². The third-order valence-corrected chi connectivity index (χ3v) is 5.76. The van der Waals surface area contributed by atoms with Gasteiger partial charge < -0.3 is 14.8 Å². The van der Waals surface area contributed by atoms with Crippen molar-refractivity contribution in [3.8, 4) is 11.5 Å². The van der Waals surface area contributed by atoms with Gasteiger partial charge in [0.25, 0.3) is 5.91 Å². The number of sulfonamides is 1. The van der Waals surface area contributed by atoms with Crippen LogP contribution in [-0.4, -0.2) is 35.1 Å². The number of hydrogen-bond acceptors (Lipinski definition) is 5. The molecule has 1 atom stereocenters. The number of carbonyl (C=O) groups is 1. The molecule has 0 fully saturated rings. The molecule has 0 saturated carbocycles. The SMILES string of the molecule is CCNC(=O)c1cc(S(=O)(=O)N[C@@H](CC)c2ccc(OC)cc2)ccc1OC. The third-order valence-electron chi connectivity index (χ3n) is 4.29. The van der Waals surface area contributed by atoms with E-state index in [2.05, 4.69) is 10.0 Å². The minimum atomic E-state index is -3.85. The lowest BCUT2D eigenvalue weighted by atomic mass is 10.1. The summed E-state index contributed by atoms with van der Waals surface area (Å²) in [5.74, 6) is 0.619. The average Bonchev–Trinajstić information content (AvgIpc) is 2.71. The fourth-order valence-corrected chi connectivity index (χ4v) is 4.10. The van der Waals surface area contributed by atoms with E-state index in [0.29, 0.717) is 24.5 Å². The first-order valence-electron chi connectivity index (χ1n) is 8.98. The lowest BCUT2D eigenvalue weighted by Gasteiger charge is -2.18. The minimum Gasteiger partial charge on any atom is -0.497 e. The Bertz CT molecular complexity index is 911. The number of ether oxygens (including phenoxy) is 2. The van der Waals surface area contributed by atoms with Crippen LogP contribution in [0, 0.1) is 0 Å². The first-order valence-corrected chi connectivity index (χ1v) is 10.5. The molecule has 0 aromatic heterocycles. The number of carbonyl (C=O) groups excluding carboxylic acids is 1. The van der Waals surface area contributed by atoms with Gasteiger partial charge in [-0.1, -0.05) is 19.1 Å². The van der Waals surface area contributed by atoms with Crippen molar-refractivity contribution < 1.29 is 22.7 Å². The third kappa shape index (κ3) is 5.02. The molecular weight excluding hydrogens is 380 g/mol. The molecule has 2 aromatic carbocycles. The van der Waals surface area contributed by atoms with E-state index in [1.54, 1.807) is 26.2 Å². The monoisotopic (exact) mass is 406 g/mol. The largest absolute Gasteiger partial charge is 0.497 e. The van der Waals surface area contributed by atoms with Crippen LogP contribution in [0.3, 0.4) is 0 Å². The Kier molecular flexibility index (Phi) is 7.42. The second-order valence-electron chi connectivity index (χ2n) is 6.08. The zero-order valence-electron chi connectivity index (χ0n) is 16.5. The fraction of sp³-hybridized carbons (Fsp3) is 0.350. The molecule has 0 spiro atoms. The van der Waals surface area contributed by atoms with Crippen LogP contribution in [0.4, 0.5) is 0 Å². The molecule has 7 nitrogen and oxygen atoms in total. The summed E-state index contributed by atoms with van der Waals surface area (Å²) in [6, 6.07) is 11.0. The molecule has 1 amide bonds. The van der Waals surface area contributed by atoms with Crippen LogP contribution >= 0.6 is 0 Å². The molecular formula is C20H26N2O5S. The second-order valence-corrected chi connectivity index (χ2v) is 7.79. The lowest BCUT2D eigenvalue weighted by Crippen LogP contribution is -2.29. The van der Waals surface area contributed by atoms with Gasteiger partial charge in [0.2, 0.25) is 10.0 Å². The fourth-order valence-electron chi connectivity index (χ4n) is 2.77. The summed E-state index contributed by atoms with van der Waals surface area (Å²) in [7, 11) is -0.842. The van der Waals surface area contributed by atoms with Crippen molar-refractivity contribution in [3.63, 3.8) is 0 Å². The van der Waals surface area contributed by atoms with E-state index in [-0.39, 0.29) is 10.5 Å². The van der Waals surface area contributed by atoms with E-state index in [1.165, 1.54) is 25.3 Å². The molecule has 0 aliphatic heterocycles. The van der Waals surface area contributed by atoms with Gasteiger partial charge in [-0.2, -0.15) is 0 Å². The standard InChI is InChI=1S/C20H26N2O5S/c1-5-18(14-7-9-15(26-3)10-8-14)22-28(24,25)16-11-12-19(27-4)17(13-16)20(23)21-6-2/h7-13,18,22H,5-6H2,1-4H3,(H,21,23)/t18-/m0/s1. The van der Waals surface area contributed by atoms with Crippen LogP contribution in [0.5, 0.6) is 11.5 Å². The zero-order chi connectivity index (χ0) is 20.7. The van der Waals surface area contributed by atoms with Gasteiger partial charge in [-0.3, -0.25) is 4.79 Å². The molecule has 0 heterocycles. The van der Waals surface area contributed by atoms with Gasteiger partial charge in [-0.05, 0) is 49.2 Å². The molecule has 28 heavy (non-hydrogen) atoms. The maximum Gasteiger partial charge on any atom is 0.255 e. The van der Waals surface area contributed by atoms with Crippen LogP contribution in [-0.2, 0) is 10.0 Å². The zero-order valence-corrected chi connectivity index (χ0v) is 17.3. The van der Waals surface area contributed by atoms with Crippen molar-refractivity contribution in [2.24, 2.45) is 0 Å². The number of nitrogens with one attached hydrogen (secondary N) is 2. The molecule has 0 saturated heterocycles. The van der Waals surface area contributed by atoms with E-state index in [1.807, 2.05) is 19.1 Å². The Balaban J connectivity index is 2.34. The van der Waals surface area contributed by atoms with Crippen LogP contribution in [0.25, 0.3) is 0 Å². The highest BCUT2D eigenvalue weighted by molar-refractivity contribution is 7.89. The van der Waals surface area contributed by atoms with Crippen molar-refractivity contribution in [1.29, 1.82) is 0 Å². The molecule has 2 rings (SSSR count). The highest BCUT2D eigenvalue weighted by Gasteiger charge is 2.23. The molecule has 2 aromatic rings. The van der Waals surface area contributed by atoms with Gasteiger partial charge in [-0.25, -0.2) is 13.1 Å². The van der Waals surface area contributed by atoms with Crippen molar-refractivity contribution in [3.05, 3.63) is 53.6 Å². The van der Waals surface area contributed by atoms with Crippen molar-refractivity contribution in [2.75, 3.05) is 20.8 Å². The molecule has 8 heteroatoms. The van der Waals surface area contributed by atoms with Crippen LogP contribution in [0.1, 0.15) is 42.2 Å². The number of methoxy groups -OCH3 is 2. The Hall–Kier alpha value is -2.58. The summed E-state index contributed by atoms with van der Waals surface area (Å²) in [5.41, 5.74) is 0.994. The van der Waals surface area contributed by atoms with Gasteiger partial charge in [0, 0.05) is 12.6 Å². The molecule has 0 unspecified atom stereocenters. The van der Waals surface area contributed by atoms with Crippen molar-refractivity contribution in [2.45, 2.75) is 31.2 Å². The maximum atomic E-state index is 12.9. The summed E-state index contributed by atoms with van der Waals surface area (Å²) < 4.78 is 38.9. The normalized spacial score (nSPS) is 12.3. The molecule has 0 bridgehead atoms. The Morgan fingerprint density at radius 2 is 1.71 bits per heavy atom. The number of benzene rings is 2. The molecule has 2 N–H and O–H groups in total. The summed E-state index contributed by atoms with van der Waals surface area (Å²) in [6.45, 7) is 4.10. The Morgan fingerprint density at radius 3 is 2.25 bits per heavy atom. The lowest BCUT2D eigenvalue weighted by molar-refractivity contribution is 0.0952. The summed E-state index contributed by atoms with van der Waals surface area (Å²) in [5, 5.41) is 2.66. The van der Waals surface area contributed by atoms with E-state index >= 15 is 0 Å². The van der Waals surface area contributed by atoms with Gasteiger partial charge in [-0.15, -0.1) is 0 Å². The highest BCUT2D eigenvalue weighted by atomic mass is 32.2. The molecule has 152 valence electrons. The first kappa shape index (κ1) is 21.7. The molecule has 0 aliphatic carbocycles. The molecule has 0 aliphatic rings. The topological polar surface area (TPSA) is 93.7 Å². The van der Waals surface area contributed by atoms with Crippen molar-refractivity contribution >= 4 is 15.9 Å². The second kappa shape index (κ2) is 9.57. The predicted octanol–water partition coefficient (Wildman–Crippen LogP) is 2.88. The number of rotatable bonds is 9. The van der Waals surface area contributed by atoms with E-state index in [4.69, 9.17) is 9.47 Å². The van der Waals surface area contributed by atoms with Gasteiger partial charge >= 0.3 is 0 Å². The van der Waals surface area contributed by atoms with Crippen LogP contribution in [0.15, 0.2) is 47.4 Å². The van der Waals surface area contributed by atoms with Gasteiger partial charge in [0.15, 0.2) is 0 Å². The first-order chi connectivity index (χ1) is 13.4. The van der Waals surface area contributed by atoms with Gasteiger partial charge in [0.05, 0.1) is 24.7 Å². The Labute approximate surface area is 166 Å². The predicted molar refractivity (Wildman–Crippen MR) is 107 cm³/mol. The number of hydrogen-bond donors (Lipinski definition) is 2. The maximum absolute atomic E-state index is 12.9. The average molecular weight is 407 g/mol. The smallest absolute Gasteiger partial charge is 0.255 e. The van der Waals surface area contributed by atoms with Crippen molar-refractivity contribution in [1.82, 2.24) is 10.0 Å². The number of amides is 1. The summed E-state index contributed by atoms with van der Waals surface area (Å²) in [4.78, 5) is 12.2. The summed E-state index contributed by atoms with van der Waals surface area (Å²) in [6.07, 6.45) is 0.560. The Morgan fingerprint density at radius 1 is 1.04 bits per heavy atom. The van der Waals surface area contributed by atoms with Crippen LogP contribution < -0.4 is 19.5 Å². The molecule has 0 radical (unpaired) electrons. The van der Waals surface area contributed by atoms with E-state index < -0.39 is 22.0 Å². The van der Waals surface area contributed by atoms with Gasteiger partial charge in [0.1, 0.15) is 11.5 Å². The summed E-state index contributed by atoms with van der Waals surface area (Å²) >= 11 is 0. The highest BCUT2D eigenvalue weighted by Crippen LogP contribution is 2.26.